The first-order chi connectivity index (χ1) is 29.9. The van der Waals surface area contributed by atoms with E-state index in [0.29, 0.717) is 30.4 Å². The summed E-state index contributed by atoms with van der Waals surface area (Å²) in [5.74, 6) is -26.4. The number of rotatable bonds is 10. The fourth-order valence-electron chi connectivity index (χ4n) is 7.33. The largest absolute Gasteiger partial charge is 0.491 e. The number of hydrogen-bond acceptors (Lipinski definition) is 6. The van der Waals surface area contributed by atoms with Crippen LogP contribution in [-0.2, 0) is 25.1 Å². The van der Waals surface area contributed by atoms with E-state index in [1.807, 2.05) is 0 Å². The van der Waals surface area contributed by atoms with Crippen molar-refractivity contribution in [1.82, 2.24) is 0 Å². The Labute approximate surface area is 361 Å². The van der Waals surface area contributed by atoms with Gasteiger partial charge in [-0.15, -0.1) is 0 Å². The minimum Gasteiger partial charge on any atom is -0.491 e. The highest BCUT2D eigenvalue weighted by Crippen LogP contribution is 2.63. The van der Waals surface area contributed by atoms with Crippen LogP contribution in [0.1, 0.15) is 37.0 Å². The number of benzene rings is 4. The Bertz CT molecular complexity index is 2880. The Morgan fingerprint density at radius 2 is 1.15 bits per heavy atom. The third kappa shape index (κ3) is 7.58. The van der Waals surface area contributed by atoms with Crippen molar-refractivity contribution in [1.29, 1.82) is 0 Å². The summed E-state index contributed by atoms with van der Waals surface area (Å²) >= 11 is 0. The quantitative estimate of drug-likeness (QED) is 0.116. The predicted molar refractivity (Wildman–Crippen MR) is 205 cm³/mol. The number of hydrogen-bond donors (Lipinski definition) is 0. The molecule has 22 heteroatoms. The van der Waals surface area contributed by atoms with Crippen LogP contribution in [0.25, 0.3) is 5.57 Å². The van der Waals surface area contributed by atoms with E-state index in [1.165, 1.54) is 42.5 Å². The van der Waals surface area contributed by atoms with Crippen LogP contribution in [0.5, 0.6) is 11.5 Å². The number of aryl methyl sites for hydroxylation is 1. The van der Waals surface area contributed by atoms with Crippen LogP contribution in [0.4, 0.5) is 61.5 Å². The number of ether oxygens (including phenoxy) is 2. The molecule has 348 valence electrons. The average molecular weight is 973 g/mol. The van der Waals surface area contributed by atoms with E-state index < -0.39 is 122 Å². The Hall–Kier alpha value is -5.64. The zero-order valence-electron chi connectivity index (χ0n) is 33.5. The maximum absolute atomic E-state index is 15.9. The van der Waals surface area contributed by atoms with Crippen LogP contribution in [0.3, 0.4) is 0 Å². The smallest absolute Gasteiger partial charge is 0.411 e. The van der Waals surface area contributed by atoms with Crippen LogP contribution >= 0.6 is 0 Å². The summed E-state index contributed by atoms with van der Waals surface area (Å²) in [5.41, 5.74) is -16.4. The summed E-state index contributed by atoms with van der Waals surface area (Å²) in [6, 6.07) is 14.3. The lowest BCUT2D eigenvalue weighted by molar-refractivity contribution is -0.292. The van der Waals surface area contributed by atoms with Gasteiger partial charge in [0, 0.05) is 0 Å². The van der Waals surface area contributed by atoms with Gasteiger partial charge in [-0.1, -0.05) is 48.1 Å². The first kappa shape index (κ1) is 48.8. The molecule has 0 saturated heterocycles. The van der Waals surface area contributed by atoms with Crippen molar-refractivity contribution in [2.75, 3.05) is 7.11 Å². The van der Waals surface area contributed by atoms with Crippen molar-refractivity contribution in [3.63, 3.8) is 0 Å². The molecular weight excluding hydrogens is 943 g/mol. The maximum Gasteiger partial charge on any atom is 0.411 e. The van der Waals surface area contributed by atoms with Crippen molar-refractivity contribution in [3.05, 3.63) is 154 Å². The van der Waals surface area contributed by atoms with E-state index in [-0.39, 0.29) is 23.1 Å². The molecule has 6 rings (SSSR count). The molecule has 3 atom stereocenters. The van der Waals surface area contributed by atoms with E-state index in [4.69, 9.17) is 4.74 Å². The predicted octanol–water partition coefficient (Wildman–Crippen LogP) is 11.9. The number of halogens is 14. The second kappa shape index (κ2) is 16.4. The van der Waals surface area contributed by atoms with Gasteiger partial charge in [0.05, 0.1) is 37.7 Å². The molecule has 0 aliphatic heterocycles. The number of sulfone groups is 2. The molecule has 3 unspecified atom stereocenters. The molecule has 0 radical (unpaired) electrons. The fourth-order valence-corrected chi connectivity index (χ4v) is 10.2. The minimum absolute atomic E-state index is 0.0656. The summed E-state index contributed by atoms with van der Waals surface area (Å²) < 4.78 is 272. The molecule has 6 nitrogen and oxygen atoms in total. The molecule has 0 heterocycles. The fraction of sp³-hybridized carbons (Fsp3) is 0.256. The van der Waals surface area contributed by atoms with Gasteiger partial charge in [-0.05, 0) is 86.9 Å². The van der Waals surface area contributed by atoms with E-state index in [2.05, 4.69) is 4.74 Å². The molecule has 0 fully saturated rings. The molecule has 0 bridgehead atoms. The Kier molecular flexibility index (Phi) is 12.3. The number of alkyl halides is 7. The van der Waals surface area contributed by atoms with Crippen molar-refractivity contribution >= 4 is 25.2 Å². The molecule has 4 aromatic rings. The number of methoxy groups -OCH3 is 1. The lowest BCUT2D eigenvalue weighted by Gasteiger charge is -2.43. The molecule has 65 heavy (non-hydrogen) atoms. The second-order valence-corrected chi connectivity index (χ2v) is 19.5. The van der Waals surface area contributed by atoms with E-state index in [9.17, 15) is 52.0 Å². The monoisotopic (exact) mass is 972 g/mol. The van der Waals surface area contributed by atoms with Gasteiger partial charge in [-0.2, -0.15) is 35.1 Å². The van der Waals surface area contributed by atoms with Gasteiger partial charge in [-0.3, -0.25) is 0 Å². The van der Waals surface area contributed by atoms with Gasteiger partial charge in [0.25, 0.3) is 0 Å². The van der Waals surface area contributed by atoms with Crippen molar-refractivity contribution in [2.45, 2.75) is 76.2 Å². The molecule has 0 spiro atoms. The van der Waals surface area contributed by atoms with Gasteiger partial charge in [0.15, 0.2) is 50.6 Å². The Morgan fingerprint density at radius 1 is 0.677 bits per heavy atom. The molecule has 2 aliphatic rings. The summed E-state index contributed by atoms with van der Waals surface area (Å²) in [4.78, 5) is -0.754. The summed E-state index contributed by atoms with van der Waals surface area (Å²) in [6.45, 7) is 3.46. The first-order valence-electron chi connectivity index (χ1n) is 18.4. The van der Waals surface area contributed by atoms with Crippen LogP contribution in [0.15, 0.2) is 129 Å². The Morgan fingerprint density at radius 3 is 1.60 bits per heavy atom. The van der Waals surface area contributed by atoms with Gasteiger partial charge < -0.3 is 9.47 Å². The minimum atomic E-state index is -7.46. The third-order valence-corrected chi connectivity index (χ3v) is 15.3. The van der Waals surface area contributed by atoms with Crippen LogP contribution in [-0.4, -0.2) is 52.8 Å². The summed E-state index contributed by atoms with van der Waals surface area (Å²) in [7, 11) is -7.98. The highest BCUT2D eigenvalue weighted by Gasteiger charge is 2.78. The molecule has 0 N–H and O–H groups in total. The highest BCUT2D eigenvalue weighted by molar-refractivity contribution is 7.93. The molecule has 0 amide bonds. The maximum atomic E-state index is 15.9. The zero-order valence-corrected chi connectivity index (χ0v) is 35.1. The highest BCUT2D eigenvalue weighted by atomic mass is 32.2. The van der Waals surface area contributed by atoms with E-state index >= 15 is 26.3 Å². The lowest BCUT2D eigenvalue weighted by atomic mass is 9.68. The van der Waals surface area contributed by atoms with Crippen molar-refractivity contribution < 1.29 is 87.8 Å². The number of allylic oxidation sites excluding steroid dienone is 5. The van der Waals surface area contributed by atoms with Gasteiger partial charge in [0.1, 0.15) is 11.6 Å². The van der Waals surface area contributed by atoms with Crippen LogP contribution in [0.2, 0.25) is 0 Å². The Balaban J connectivity index is 1.29. The molecule has 4 aromatic carbocycles. The summed E-state index contributed by atoms with van der Waals surface area (Å²) in [5, 5.41) is 0. The van der Waals surface area contributed by atoms with Crippen LogP contribution < -0.4 is 9.47 Å². The molecular formula is C43H30F14O6S2. The van der Waals surface area contributed by atoms with E-state index in [1.54, 1.807) is 38.1 Å². The third-order valence-electron chi connectivity index (χ3n) is 11.1. The summed E-state index contributed by atoms with van der Waals surface area (Å²) in [6.07, 6.45) is -14.4. The van der Waals surface area contributed by atoms with E-state index in [0.717, 1.165) is 17.7 Å². The van der Waals surface area contributed by atoms with Gasteiger partial charge in [0.2, 0.25) is 26.9 Å². The van der Waals surface area contributed by atoms with Crippen LogP contribution in [0, 0.1) is 30.2 Å². The van der Waals surface area contributed by atoms with Crippen molar-refractivity contribution in [3.8, 4) is 11.5 Å². The zero-order chi connectivity index (χ0) is 48.6. The van der Waals surface area contributed by atoms with Crippen molar-refractivity contribution in [2.24, 2.45) is 0 Å². The SMILES string of the molecule is COc1c(F)c(F)c(C(C2=C(F)C(F)C(C)(Oc3ccc(S(=O)(=O)c4ccc(C5=CCC(C)(S(=O)(=O)c6ccc(C)cc6)C=C5)cc4)cc3)C(F)=C2F)(C(F)(F)F)C(F)(F)F)c(F)c1F. The standard InChI is InChI=1S/C43H30F14O6S2/c1-21-5-11-27(12-6-21)65(60,61)39(2)19-17-23(18-20-39)22-7-13-25(14-8-22)64(58,59)26-15-9-24(10-16-26)63-40(3)37(50)32(46)29(33(47)38(40)51)41(42(52,53)54,43(55,56)57)28-30(44)34(48)36(62-4)35(49)31(28)45/h5-19,37H,20H2,1-4H3. The first-order valence-corrected chi connectivity index (χ1v) is 21.4. The second-order valence-electron chi connectivity index (χ2n) is 15.2. The van der Waals surface area contributed by atoms with Gasteiger partial charge >= 0.3 is 12.4 Å². The molecule has 2 aliphatic carbocycles. The average Bonchev–Trinajstić information content (AvgIpc) is 3.24. The van der Waals surface area contributed by atoms with Gasteiger partial charge in [-0.25, -0.2) is 43.2 Å². The lowest BCUT2D eigenvalue weighted by Crippen LogP contribution is -2.59. The molecule has 0 aromatic heterocycles. The normalized spacial score (nSPS) is 21.1. The molecule has 0 saturated carbocycles. The topological polar surface area (TPSA) is 86.7 Å².